The second-order valence-corrected chi connectivity index (χ2v) is 7.89. The lowest BCUT2D eigenvalue weighted by atomic mass is 9.95. The molecular formula is C20H31NO3S. The Morgan fingerprint density at radius 3 is 2.60 bits per heavy atom. The average molecular weight is 366 g/mol. The zero-order valence-corrected chi connectivity index (χ0v) is 16.6. The predicted octanol–water partition coefficient (Wildman–Crippen LogP) is 5.35. The number of carbonyl (C=O) groups excluding carboxylic acids is 2. The summed E-state index contributed by atoms with van der Waals surface area (Å²) >= 11 is 1.57. The maximum absolute atomic E-state index is 12.7. The number of rotatable bonds is 9. The maximum Gasteiger partial charge on any atom is 0.341 e. The van der Waals surface area contributed by atoms with Crippen LogP contribution >= 0.6 is 11.3 Å². The first-order valence-corrected chi connectivity index (χ1v) is 10.6. The van der Waals surface area contributed by atoms with E-state index in [4.69, 9.17) is 4.74 Å². The van der Waals surface area contributed by atoms with Gasteiger partial charge in [-0.3, -0.25) is 4.79 Å². The molecule has 1 amide bonds. The fourth-order valence-electron chi connectivity index (χ4n) is 3.32. The standard InChI is InChI=1S/C20H31NO3S/c1-4-7-10-14(6-3)18(22)21-19-17(20(23)24-13-5-2)15-11-8-9-12-16(15)25-19/h14H,4-13H2,1-3H3,(H,21,22)/t14-/m0/s1. The van der Waals surface area contributed by atoms with Crippen molar-refractivity contribution in [1.82, 2.24) is 0 Å². The fraction of sp³-hybridized carbons (Fsp3) is 0.700. The average Bonchev–Trinajstić information content (AvgIpc) is 2.98. The van der Waals surface area contributed by atoms with Crippen LogP contribution in [0.25, 0.3) is 0 Å². The number of unbranched alkanes of at least 4 members (excludes halogenated alkanes) is 1. The molecular weight excluding hydrogens is 334 g/mol. The summed E-state index contributed by atoms with van der Waals surface area (Å²) in [5, 5.41) is 3.77. The summed E-state index contributed by atoms with van der Waals surface area (Å²) in [6, 6.07) is 0. The van der Waals surface area contributed by atoms with E-state index in [1.807, 2.05) is 6.92 Å². The number of esters is 1. The van der Waals surface area contributed by atoms with Crippen molar-refractivity contribution in [3.8, 4) is 0 Å². The Bertz CT molecular complexity index is 594. The Labute approximate surface area is 155 Å². The van der Waals surface area contributed by atoms with Crippen LogP contribution in [-0.2, 0) is 22.4 Å². The number of aryl methyl sites for hydroxylation is 1. The van der Waals surface area contributed by atoms with Crippen LogP contribution in [0.4, 0.5) is 5.00 Å². The van der Waals surface area contributed by atoms with Crippen LogP contribution < -0.4 is 5.32 Å². The Kier molecular flexibility index (Phi) is 7.94. The second kappa shape index (κ2) is 9.95. The van der Waals surface area contributed by atoms with E-state index < -0.39 is 0 Å². The van der Waals surface area contributed by atoms with Crippen LogP contribution in [-0.4, -0.2) is 18.5 Å². The summed E-state index contributed by atoms with van der Waals surface area (Å²) in [4.78, 5) is 26.5. The van der Waals surface area contributed by atoms with Gasteiger partial charge in [-0.25, -0.2) is 4.79 Å². The quantitative estimate of drug-likeness (QED) is 0.600. The van der Waals surface area contributed by atoms with Crippen LogP contribution in [0.5, 0.6) is 0 Å². The number of nitrogens with one attached hydrogen (secondary N) is 1. The minimum absolute atomic E-state index is 0.0126. The Hall–Kier alpha value is -1.36. The van der Waals surface area contributed by atoms with Gasteiger partial charge < -0.3 is 10.1 Å². The summed E-state index contributed by atoms with van der Waals surface area (Å²) in [5.41, 5.74) is 1.72. The van der Waals surface area contributed by atoms with Gasteiger partial charge in [-0.05, 0) is 50.5 Å². The lowest BCUT2D eigenvalue weighted by molar-refractivity contribution is -0.120. The lowest BCUT2D eigenvalue weighted by Crippen LogP contribution is -2.23. The fourth-order valence-corrected chi connectivity index (χ4v) is 4.60. The molecule has 25 heavy (non-hydrogen) atoms. The highest BCUT2D eigenvalue weighted by Gasteiger charge is 2.28. The van der Waals surface area contributed by atoms with Gasteiger partial charge in [-0.2, -0.15) is 0 Å². The van der Waals surface area contributed by atoms with Crippen LogP contribution in [0.2, 0.25) is 0 Å². The van der Waals surface area contributed by atoms with Gasteiger partial charge in [0.05, 0.1) is 12.2 Å². The van der Waals surface area contributed by atoms with Crippen LogP contribution in [0.1, 0.15) is 86.5 Å². The van der Waals surface area contributed by atoms with Crippen molar-refractivity contribution in [3.63, 3.8) is 0 Å². The third-order valence-corrected chi connectivity index (χ3v) is 6.03. The summed E-state index contributed by atoms with van der Waals surface area (Å²) in [6.45, 7) is 6.60. The van der Waals surface area contributed by atoms with Gasteiger partial charge >= 0.3 is 5.97 Å². The van der Waals surface area contributed by atoms with Gasteiger partial charge in [0, 0.05) is 10.8 Å². The molecule has 0 saturated heterocycles. The van der Waals surface area contributed by atoms with Crippen molar-refractivity contribution in [2.24, 2.45) is 5.92 Å². The van der Waals surface area contributed by atoms with Gasteiger partial charge in [-0.15, -0.1) is 11.3 Å². The van der Waals surface area contributed by atoms with E-state index in [1.54, 1.807) is 11.3 Å². The molecule has 1 N–H and O–H groups in total. The molecule has 0 spiro atoms. The molecule has 0 aromatic carbocycles. The molecule has 1 heterocycles. The third-order valence-electron chi connectivity index (χ3n) is 4.82. The first kappa shape index (κ1) is 20.0. The van der Waals surface area contributed by atoms with Crippen LogP contribution in [0.3, 0.4) is 0 Å². The van der Waals surface area contributed by atoms with E-state index in [-0.39, 0.29) is 17.8 Å². The van der Waals surface area contributed by atoms with Gasteiger partial charge in [0.2, 0.25) is 5.91 Å². The van der Waals surface area contributed by atoms with E-state index in [0.717, 1.165) is 63.4 Å². The van der Waals surface area contributed by atoms with Crippen molar-refractivity contribution < 1.29 is 14.3 Å². The molecule has 2 rings (SSSR count). The molecule has 5 heteroatoms. The van der Waals surface area contributed by atoms with E-state index in [9.17, 15) is 9.59 Å². The van der Waals surface area contributed by atoms with E-state index in [2.05, 4.69) is 19.2 Å². The third kappa shape index (κ3) is 5.06. The molecule has 4 nitrogen and oxygen atoms in total. The summed E-state index contributed by atoms with van der Waals surface area (Å²) < 4.78 is 5.39. The highest BCUT2D eigenvalue weighted by molar-refractivity contribution is 7.17. The van der Waals surface area contributed by atoms with E-state index in [1.165, 1.54) is 4.88 Å². The number of thiophene rings is 1. The van der Waals surface area contributed by atoms with Gasteiger partial charge in [-0.1, -0.05) is 33.6 Å². The largest absolute Gasteiger partial charge is 0.462 e. The molecule has 1 aliphatic rings. The van der Waals surface area contributed by atoms with Gasteiger partial charge in [0.1, 0.15) is 5.00 Å². The SMILES string of the molecule is CCCC[C@H](CC)C(=O)Nc1sc2c(c1C(=O)OCCC)CCCC2. The highest BCUT2D eigenvalue weighted by Crippen LogP contribution is 2.39. The summed E-state index contributed by atoms with van der Waals surface area (Å²) in [7, 11) is 0. The number of amides is 1. The van der Waals surface area contributed by atoms with Gasteiger partial charge in [0.25, 0.3) is 0 Å². The van der Waals surface area contributed by atoms with Crippen molar-refractivity contribution in [1.29, 1.82) is 0 Å². The molecule has 1 aromatic rings. The zero-order chi connectivity index (χ0) is 18.2. The Morgan fingerprint density at radius 1 is 1.16 bits per heavy atom. The van der Waals surface area contributed by atoms with Crippen LogP contribution in [0, 0.1) is 5.92 Å². The lowest BCUT2D eigenvalue weighted by Gasteiger charge is -2.15. The first-order chi connectivity index (χ1) is 12.1. The molecule has 0 aliphatic heterocycles. The van der Waals surface area contributed by atoms with Crippen molar-refractivity contribution in [3.05, 3.63) is 16.0 Å². The number of hydrogen-bond acceptors (Lipinski definition) is 4. The molecule has 1 atom stereocenters. The monoisotopic (exact) mass is 365 g/mol. The molecule has 0 radical (unpaired) electrons. The van der Waals surface area contributed by atoms with Crippen LogP contribution in [0.15, 0.2) is 0 Å². The van der Waals surface area contributed by atoms with E-state index in [0.29, 0.717) is 17.2 Å². The molecule has 0 unspecified atom stereocenters. The zero-order valence-electron chi connectivity index (χ0n) is 15.8. The van der Waals surface area contributed by atoms with E-state index >= 15 is 0 Å². The molecule has 1 aromatic heterocycles. The Morgan fingerprint density at radius 2 is 1.92 bits per heavy atom. The van der Waals surface area contributed by atoms with Crippen molar-refractivity contribution in [2.45, 2.75) is 78.6 Å². The number of fused-ring (bicyclic) bond motifs is 1. The normalized spacial score (nSPS) is 14.7. The molecule has 0 saturated carbocycles. The van der Waals surface area contributed by atoms with Crippen molar-refractivity contribution >= 4 is 28.2 Å². The topological polar surface area (TPSA) is 55.4 Å². The van der Waals surface area contributed by atoms with Gasteiger partial charge in [0.15, 0.2) is 0 Å². The number of anilines is 1. The molecule has 140 valence electrons. The smallest absolute Gasteiger partial charge is 0.341 e. The molecule has 1 aliphatic carbocycles. The molecule has 0 fully saturated rings. The Balaban J connectivity index is 2.22. The number of hydrogen-bond donors (Lipinski definition) is 1. The summed E-state index contributed by atoms with van der Waals surface area (Å²) in [5.74, 6) is -0.226. The maximum atomic E-state index is 12.7. The minimum Gasteiger partial charge on any atom is -0.462 e. The predicted molar refractivity (Wildman–Crippen MR) is 103 cm³/mol. The minimum atomic E-state index is -0.279. The first-order valence-electron chi connectivity index (χ1n) is 9.74. The number of carbonyl (C=O) groups is 2. The second-order valence-electron chi connectivity index (χ2n) is 6.79. The van der Waals surface area contributed by atoms with Crippen molar-refractivity contribution in [2.75, 3.05) is 11.9 Å². The molecule has 0 bridgehead atoms. The summed E-state index contributed by atoms with van der Waals surface area (Å²) in [6.07, 6.45) is 8.82. The number of ether oxygens (including phenoxy) is 1. The highest BCUT2D eigenvalue weighted by atomic mass is 32.1.